The topological polar surface area (TPSA) is 0 Å². The van der Waals surface area contributed by atoms with E-state index >= 15 is 0 Å². The second-order valence-electron chi connectivity index (χ2n) is 0. The van der Waals surface area contributed by atoms with Crippen LogP contribution in [0.1, 0.15) is 0 Å². The summed E-state index contributed by atoms with van der Waals surface area (Å²) in [7, 11) is 0. The molecule has 0 aliphatic heterocycles. The molecular formula is CH2IV13-. The Morgan fingerprint density at radius 1 is 0.267 bits per heavy atom. The summed E-state index contributed by atoms with van der Waals surface area (Å²) < 4.78 is 0. The molecule has 0 nitrogen and oxygen atoms in total. The standard InChI is InChI=1S/CH2I.13V/c1-2;;;;;;;;;;;;;/h1H2;;;;;;;;;;;;;/q-1;;;;;;;;;;;;;. The van der Waals surface area contributed by atoms with Gasteiger partial charge >= 0.3 is 0 Å². The van der Waals surface area contributed by atoms with E-state index in [1.165, 1.54) is 0 Å². The van der Waals surface area contributed by atoms with Gasteiger partial charge in [0.15, 0.2) is 0 Å². The largest absolute Gasteiger partial charge is 0.319 e. The average Bonchev–Trinajstić information content (AvgIpc) is 1.00. The van der Waals surface area contributed by atoms with Gasteiger partial charge in [-0.2, -0.15) is 0 Å². The summed E-state index contributed by atoms with van der Waals surface area (Å²) in [6.45, 7) is 0. The third kappa shape index (κ3) is 133. The molecule has 0 fully saturated rings. The quantitative estimate of drug-likeness (QED) is 0.256. The fourth-order valence-electron chi connectivity index (χ4n) is 0. The van der Waals surface area contributed by atoms with Gasteiger partial charge in [-0.25, -0.2) is 0 Å². The molecule has 0 aromatic heterocycles. The Hall–Kier alpha value is 8.33. The van der Waals surface area contributed by atoms with Crippen LogP contribution in [0.2, 0.25) is 0 Å². The van der Waals surface area contributed by atoms with Crippen LogP contribution in [0.25, 0.3) is 0 Å². The van der Waals surface area contributed by atoms with Crippen molar-refractivity contribution in [1.29, 1.82) is 0 Å². The van der Waals surface area contributed by atoms with Crippen molar-refractivity contribution < 1.29 is 241 Å². The monoisotopic (exact) mass is 803 g/mol. The molecule has 13 radical (unpaired) electrons. The molecule has 0 aliphatic carbocycles. The summed E-state index contributed by atoms with van der Waals surface area (Å²) in [6.07, 6.45) is 0. The van der Waals surface area contributed by atoms with Gasteiger partial charge in [0.25, 0.3) is 0 Å². The molecule has 0 saturated heterocycles. The molecule has 0 saturated carbocycles. The fraction of sp³-hybridized carbons (Fsp3) is 0. The van der Waals surface area contributed by atoms with Crippen LogP contribution < -0.4 is 0 Å². The summed E-state index contributed by atoms with van der Waals surface area (Å²) in [4.78, 5) is 3.22. The third-order valence-corrected chi connectivity index (χ3v) is 0. The van der Waals surface area contributed by atoms with Gasteiger partial charge in [-0.3, -0.25) is 4.93 Å². The van der Waals surface area contributed by atoms with E-state index in [9.17, 15) is 0 Å². The van der Waals surface area contributed by atoms with Gasteiger partial charge in [0.05, 0.1) is 0 Å². The first-order valence-electron chi connectivity index (χ1n) is 0.267. The molecule has 0 aromatic rings. The van der Waals surface area contributed by atoms with E-state index in [0.29, 0.717) is 0 Å². The van der Waals surface area contributed by atoms with E-state index in [4.69, 9.17) is 0 Å². The van der Waals surface area contributed by atoms with Crippen LogP contribution in [0.5, 0.6) is 0 Å². The molecule has 0 spiro atoms. The van der Waals surface area contributed by atoms with Crippen LogP contribution >= 0.6 is 22.6 Å². The summed E-state index contributed by atoms with van der Waals surface area (Å²) in [5, 5.41) is 0. The van der Waals surface area contributed by atoms with Crippen LogP contribution in [0.15, 0.2) is 0 Å². The molecule has 14 heteroatoms. The van der Waals surface area contributed by atoms with E-state index in [1.54, 1.807) is 0 Å². The first-order valence-corrected chi connectivity index (χ1v) is 1.79. The molecule has 0 amide bonds. The normalized spacial score (nSPS) is 0.400. The minimum absolute atomic E-state index is 0. The summed E-state index contributed by atoms with van der Waals surface area (Å²) in [5.74, 6) is 0. The van der Waals surface area contributed by atoms with Gasteiger partial charge in [0.1, 0.15) is 0 Å². The Bertz CT molecular complexity index is 10.5. The van der Waals surface area contributed by atoms with E-state index in [0.717, 1.165) is 0 Å². The zero-order valence-electron chi connectivity index (χ0n) is 6.90. The van der Waals surface area contributed by atoms with Crippen molar-refractivity contribution in [1.82, 2.24) is 0 Å². The summed E-state index contributed by atoms with van der Waals surface area (Å²) in [6, 6.07) is 0. The summed E-state index contributed by atoms with van der Waals surface area (Å²) in [5.41, 5.74) is 0. The predicted octanol–water partition coefficient (Wildman–Crippen LogP) is 1.18. The van der Waals surface area contributed by atoms with Crippen LogP contribution in [0, 0.1) is 4.93 Å². The fourth-order valence-corrected chi connectivity index (χ4v) is 0. The Morgan fingerprint density at radius 2 is 0.267 bits per heavy atom. The first kappa shape index (κ1) is 134. The average molecular weight is 803 g/mol. The van der Waals surface area contributed by atoms with E-state index in [-0.39, 0.29) is 241 Å². The molecular weight excluding hydrogens is 801 g/mol. The smallest absolute Gasteiger partial charge is 0 e. The van der Waals surface area contributed by atoms with Crippen LogP contribution in [-0.2, 0) is 241 Å². The first-order chi connectivity index (χ1) is 1.00. The molecule has 15 heavy (non-hydrogen) atoms. The van der Waals surface area contributed by atoms with Crippen molar-refractivity contribution in [3.63, 3.8) is 0 Å². The van der Waals surface area contributed by atoms with Crippen molar-refractivity contribution >= 4 is 22.6 Å². The van der Waals surface area contributed by atoms with E-state index in [2.05, 4.69) is 4.93 Å². The Labute approximate surface area is 262 Å². The molecule has 0 unspecified atom stereocenters. The van der Waals surface area contributed by atoms with Gasteiger partial charge in [-0.15, -0.1) is 0 Å². The Kier molecular flexibility index (Phi) is 1310. The Morgan fingerprint density at radius 3 is 0.267 bits per heavy atom. The van der Waals surface area contributed by atoms with Crippen LogP contribution in [0.3, 0.4) is 0 Å². The summed E-state index contributed by atoms with van der Waals surface area (Å²) >= 11 is 1.90. The maximum atomic E-state index is 3.22. The van der Waals surface area contributed by atoms with Gasteiger partial charge in [-0.05, 0) is 0 Å². The minimum Gasteiger partial charge on any atom is -0.319 e. The maximum absolute atomic E-state index is 3.22. The molecule has 0 heterocycles. The van der Waals surface area contributed by atoms with Crippen molar-refractivity contribution in [2.45, 2.75) is 0 Å². The van der Waals surface area contributed by atoms with E-state index < -0.39 is 0 Å². The number of hydrogen-bond donors (Lipinski definition) is 0. The van der Waals surface area contributed by atoms with Crippen molar-refractivity contribution in [2.75, 3.05) is 0 Å². The second kappa shape index (κ2) is 146. The van der Waals surface area contributed by atoms with Gasteiger partial charge < -0.3 is 22.6 Å². The second-order valence-corrected chi connectivity index (χ2v) is 0. The number of hydrogen-bond acceptors (Lipinski definition) is 0. The van der Waals surface area contributed by atoms with Gasteiger partial charge in [-0.1, -0.05) is 0 Å². The van der Waals surface area contributed by atoms with Crippen LogP contribution in [-0.4, -0.2) is 0 Å². The molecule has 0 atom stereocenters. The molecule has 79 valence electrons. The SMILES string of the molecule is [CH2-]I.[V].[V].[V].[V].[V].[V].[V].[V].[V].[V].[V].[V].[V]. The molecule has 0 aliphatic rings. The van der Waals surface area contributed by atoms with Crippen LogP contribution in [0.4, 0.5) is 0 Å². The van der Waals surface area contributed by atoms with Gasteiger partial charge in [0.2, 0.25) is 0 Å². The molecule has 0 bridgehead atoms. The Balaban J connectivity index is -0.0000000000641. The van der Waals surface area contributed by atoms with Crippen molar-refractivity contribution in [2.24, 2.45) is 0 Å². The predicted molar refractivity (Wildman–Crippen MR) is 19.4 cm³/mol. The minimum atomic E-state index is 0. The maximum Gasteiger partial charge on any atom is 0 e. The molecule has 0 rings (SSSR count). The van der Waals surface area contributed by atoms with Gasteiger partial charge in [0, 0.05) is 241 Å². The van der Waals surface area contributed by atoms with Crippen molar-refractivity contribution in [3.05, 3.63) is 4.93 Å². The third-order valence-electron chi connectivity index (χ3n) is 0. The molecule has 0 aromatic carbocycles. The molecule has 0 N–H and O–H groups in total. The number of rotatable bonds is 0. The number of halogens is 1. The van der Waals surface area contributed by atoms with Crippen molar-refractivity contribution in [3.8, 4) is 0 Å². The van der Waals surface area contributed by atoms with E-state index in [1.807, 2.05) is 22.6 Å². The zero-order valence-corrected chi connectivity index (χ0v) is 27.2. The zero-order chi connectivity index (χ0) is 2.00.